The van der Waals surface area contributed by atoms with Gasteiger partial charge in [0.05, 0.1) is 0 Å². The van der Waals surface area contributed by atoms with Crippen molar-refractivity contribution in [1.29, 1.82) is 0 Å². The van der Waals surface area contributed by atoms with Gasteiger partial charge >= 0.3 is 17.9 Å². The fourth-order valence-electron chi connectivity index (χ4n) is 8.99. The Bertz CT molecular complexity index is 997. The molecule has 0 aliphatic carbocycles. The van der Waals surface area contributed by atoms with E-state index < -0.39 is 6.10 Å². The van der Waals surface area contributed by atoms with Crippen molar-refractivity contribution in [2.24, 2.45) is 11.8 Å². The zero-order valence-corrected chi connectivity index (χ0v) is 44.6. The van der Waals surface area contributed by atoms with Crippen LogP contribution < -0.4 is 0 Å². The molecule has 65 heavy (non-hydrogen) atoms. The largest absolute Gasteiger partial charge is 0.462 e. The molecule has 2 unspecified atom stereocenters. The lowest BCUT2D eigenvalue weighted by atomic mass is 9.99. The number of hydrogen-bond acceptors (Lipinski definition) is 6. The van der Waals surface area contributed by atoms with E-state index in [1.165, 1.54) is 218 Å². The van der Waals surface area contributed by atoms with E-state index in [9.17, 15) is 14.4 Å². The van der Waals surface area contributed by atoms with E-state index >= 15 is 0 Å². The van der Waals surface area contributed by atoms with Crippen molar-refractivity contribution in [2.45, 2.75) is 336 Å². The minimum absolute atomic E-state index is 0.0636. The van der Waals surface area contributed by atoms with Crippen molar-refractivity contribution in [2.75, 3.05) is 13.2 Å². The third-order valence-electron chi connectivity index (χ3n) is 14.2. The standard InChI is InChI=1S/C59H114O6/c1-6-9-10-11-12-13-14-15-16-17-18-19-20-25-28-31-34-41-46-51-59(62)65-56(53-64-58(61)50-45-40-36-35-38-43-48-55(5)8-3)52-63-57(60)49-44-39-33-30-27-24-22-21-23-26-29-32-37-42-47-54(4)7-2/h54-56H,6-53H2,1-5H3/t54?,55?,56-/m1/s1. The van der Waals surface area contributed by atoms with Gasteiger partial charge < -0.3 is 14.2 Å². The van der Waals surface area contributed by atoms with Crippen LogP contribution in [0.2, 0.25) is 0 Å². The molecule has 0 fully saturated rings. The number of esters is 3. The van der Waals surface area contributed by atoms with Crippen LogP contribution in [0.4, 0.5) is 0 Å². The predicted octanol–water partition coefficient (Wildman–Crippen LogP) is 19.3. The molecule has 0 heterocycles. The monoisotopic (exact) mass is 919 g/mol. The van der Waals surface area contributed by atoms with E-state index in [1.807, 2.05) is 0 Å². The Morgan fingerprint density at radius 3 is 0.800 bits per heavy atom. The maximum Gasteiger partial charge on any atom is 0.306 e. The van der Waals surface area contributed by atoms with Crippen molar-refractivity contribution in [3.63, 3.8) is 0 Å². The van der Waals surface area contributed by atoms with Crippen LogP contribution in [0.5, 0.6) is 0 Å². The van der Waals surface area contributed by atoms with Gasteiger partial charge in [0.25, 0.3) is 0 Å². The van der Waals surface area contributed by atoms with E-state index in [1.54, 1.807) is 0 Å². The second kappa shape index (κ2) is 51.8. The minimum Gasteiger partial charge on any atom is -0.462 e. The molecule has 0 aliphatic rings. The Morgan fingerprint density at radius 1 is 0.308 bits per heavy atom. The van der Waals surface area contributed by atoms with Crippen LogP contribution in [-0.2, 0) is 28.6 Å². The second-order valence-corrected chi connectivity index (χ2v) is 20.8. The number of carbonyl (C=O) groups is 3. The molecular formula is C59H114O6. The van der Waals surface area contributed by atoms with Crippen molar-refractivity contribution in [3.05, 3.63) is 0 Å². The summed E-state index contributed by atoms with van der Waals surface area (Å²) in [4.78, 5) is 38.1. The summed E-state index contributed by atoms with van der Waals surface area (Å²) in [7, 11) is 0. The average Bonchev–Trinajstić information content (AvgIpc) is 3.30. The average molecular weight is 920 g/mol. The summed E-state index contributed by atoms with van der Waals surface area (Å²) in [5.41, 5.74) is 0. The fraction of sp³-hybridized carbons (Fsp3) is 0.949. The summed E-state index contributed by atoms with van der Waals surface area (Å²) in [5, 5.41) is 0. The fourth-order valence-corrected chi connectivity index (χ4v) is 8.99. The van der Waals surface area contributed by atoms with E-state index in [0.29, 0.717) is 19.3 Å². The van der Waals surface area contributed by atoms with Gasteiger partial charge in [0.2, 0.25) is 0 Å². The number of rotatable bonds is 53. The molecule has 0 saturated heterocycles. The maximum absolute atomic E-state index is 12.8. The maximum atomic E-state index is 12.8. The molecule has 0 saturated carbocycles. The van der Waals surface area contributed by atoms with Gasteiger partial charge in [-0.15, -0.1) is 0 Å². The van der Waals surface area contributed by atoms with Crippen LogP contribution in [0.3, 0.4) is 0 Å². The molecule has 0 N–H and O–H groups in total. The van der Waals surface area contributed by atoms with Crippen molar-refractivity contribution >= 4 is 17.9 Å². The summed E-state index contributed by atoms with van der Waals surface area (Å²) in [6.07, 6.45) is 55.2. The van der Waals surface area contributed by atoms with Crippen molar-refractivity contribution in [3.8, 4) is 0 Å². The van der Waals surface area contributed by atoms with Crippen molar-refractivity contribution < 1.29 is 28.6 Å². The Hall–Kier alpha value is -1.59. The molecule has 0 rings (SSSR count). The number of carbonyl (C=O) groups excluding carboxylic acids is 3. The Morgan fingerprint density at radius 2 is 0.538 bits per heavy atom. The van der Waals surface area contributed by atoms with E-state index in [2.05, 4.69) is 34.6 Å². The Balaban J connectivity index is 4.24. The summed E-state index contributed by atoms with van der Waals surface area (Å²) in [6, 6.07) is 0. The summed E-state index contributed by atoms with van der Waals surface area (Å²) < 4.78 is 16.9. The highest BCUT2D eigenvalue weighted by Gasteiger charge is 2.19. The molecule has 0 radical (unpaired) electrons. The molecule has 0 aromatic carbocycles. The smallest absolute Gasteiger partial charge is 0.306 e. The van der Waals surface area contributed by atoms with Crippen molar-refractivity contribution in [1.82, 2.24) is 0 Å². The quantitative estimate of drug-likeness (QED) is 0.0344. The molecule has 6 heteroatoms. The summed E-state index contributed by atoms with van der Waals surface area (Å²) >= 11 is 0. The van der Waals surface area contributed by atoms with Crippen LogP contribution in [0.25, 0.3) is 0 Å². The van der Waals surface area contributed by atoms with Gasteiger partial charge in [-0.25, -0.2) is 0 Å². The zero-order chi connectivity index (χ0) is 47.5. The highest BCUT2D eigenvalue weighted by molar-refractivity contribution is 5.71. The van der Waals surface area contributed by atoms with Gasteiger partial charge in [-0.2, -0.15) is 0 Å². The molecule has 386 valence electrons. The van der Waals surface area contributed by atoms with E-state index in [4.69, 9.17) is 14.2 Å². The first-order valence-electron chi connectivity index (χ1n) is 29.3. The van der Waals surface area contributed by atoms with E-state index in [-0.39, 0.29) is 31.1 Å². The predicted molar refractivity (Wildman–Crippen MR) is 280 cm³/mol. The van der Waals surface area contributed by atoms with Gasteiger partial charge in [0.1, 0.15) is 13.2 Å². The molecule has 0 bridgehead atoms. The number of ether oxygens (including phenoxy) is 3. The van der Waals surface area contributed by atoms with Gasteiger partial charge in [-0.3, -0.25) is 14.4 Å². The lowest BCUT2D eigenvalue weighted by Gasteiger charge is -2.18. The zero-order valence-electron chi connectivity index (χ0n) is 44.6. The van der Waals surface area contributed by atoms with Gasteiger partial charge in [-0.05, 0) is 31.1 Å². The van der Waals surface area contributed by atoms with Crippen LogP contribution in [0.1, 0.15) is 330 Å². The molecule has 0 aliphatic heterocycles. The third kappa shape index (κ3) is 50.1. The highest BCUT2D eigenvalue weighted by Crippen LogP contribution is 2.19. The number of unbranched alkanes of at least 4 members (excludes halogenated alkanes) is 36. The molecule has 3 atom stereocenters. The summed E-state index contributed by atoms with van der Waals surface area (Å²) in [6.45, 7) is 11.4. The molecule has 6 nitrogen and oxygen atoms in total. The number of hydrogen-bond donors (Lipinski definition) is 0. The first-order chi connectivity index (χ1) is 31.8. The molecular weight excluding hydrogens is 805 g/mol. The Labute approximate surface area is 406 Å². The third-order valence-corrected chi connectivity index (χ3v) is 14.2. The molecule has 0 spiro atoms. The Kier molecular flexibility index (Phi) is 50.5. The van der Waals surface area contributed by atoms with Crippen LogP contribution in [0.15, 0.2) is 0 Å². The molecule has 0 aromatic heterocycles. The van der Waals surface area contributed by atoms with Crippen LogP contribution >= 0.6 is 0 Å². The molecule has 0 aromatic rings. The highest BCUT2D eigenvalue weighted by atomic mass is 16.6. The lowest BCUT2D eigenvalue weighted by Crippen LogP contribution is -2.30. The minimum atomic E-state index is -0.763. The first kappa shape index (κ1) is 63.4. The topological polar surface area (TPSA) is 78.9 Å². The summed E-state index contributed by atoms with van der Waals surface area (Å²) in [5.74, 6) is 0.867. The SMILES string of the molecule is CCCCCCCCCCCCCCCCCCCCCC(=O)O[C@H](COC(=O)CCCCCCCCCCCCCCCCC(C)CC)COC(=O)CCCCCCCCC(C)CC. The second-order valence-electron chi connectivity index (χ2n) is 20.8. The normalized spacial score (nSPS) is 12.9. The van der Waals surface area contributed by atoms with Gasteiger partial charge in [0.15, 0.2) is 6.10 Å². The lowest BCUT2D eigenvalue weighted by molar-refractivity contribution is -0.167. The first-order valence-corrected chi connectivity index (χ1v) is 29.3. The van der Waals surface area contributed by atoms with E-state index in [0.717, 1.165) is 69.6 Å². The van der Waals surface area contributed by atoms with Crippen LogP contribution in [-0.4, -0.2) is 37.2 Å². The van der Waals surface area contributed by atoms with Gasteiger partial charge in [0, 0.05) is 19.3 Å². The van der Waals surface area contributed by atoms with Crippen LogP contribution in [0, 0.1) is 11.8 Å². The molecule has 0 amide bonds. The van der Waals surface area contributed by atoms with Gasteiger partial charge in [-0.1, -0.05) is 291 Å².